The molecule has 1 rings (SSSR count). The van der Waals surface area contributed by atoms with Gasteiger partial charge in [0.15, 0.2) is 0 Å². The van der Waals surface area contributed by atoms with Gasteiger partial charge in [-0.25, -0.2) is 4.79 Å². The molecule has 0 fully saturated rings. The van der Waals surface area contributed by atoms with Gasteiger partial charge in [-0.2, -0.15) is 0 Å². The molecule has 0 aromatic heterocycles. The number of hydrogen-bond donors (Lipinski definition) is 1. The van der Waals surface area contributed by atoms with Crippen LogP contribution in [-0.2, 0) is 4.74 Å². The van der Waals surface area contributed by atoms with Gasteiger partial charge in [-0.1, -0.05) is 13.8 Å². The van der Waals surface area contributed by atoms with Crippen molar-refractivity contribution in [3.8, 4) is 0 Å². The zero-order valence-electron chi connectivity index (χ0n) is 11.5. The number of carbonyl (C=O) groups excluding carboxylic acids is 1. The molecule has 6 nitrogen and oxygen atoms in total. The summed E-state index contributed by atoms with van der Waals surface area (Å²) in [5, 5.41) is 14.0. The summed E-state index contributed by atoms with van der Waals surface area (Å²) < 4.78 is 4.61. The minimum atomic E-state index is -0.518. The molecule has 1 atom stereocenters. The molecule has 1 unspecified atom stereocenters. The maximum atomic E-state index is 11.4. The average molecular weight is 266 g/mol. The van der Waals surface area contributed by atoms with Crippen LogP contribution in [0.1, 0.15) is 31.1 Å². The molecule has 0 aliphatic carbocycles. The number of nitro groups is 1. The summed E-state index contributed by atoms with van der Waals surface area (Å²) in [6, 6.07) is 4.19. The van der Waals surface area contributed by atoms with E-state index >= 15 is 0 Å². The number of nitrogens with one attached hydrogen (secondary N) is 1. The van der Waals surface area contributed by atoms with E-state index < -0.39 is 10.9 Å². The van der Waals surface area contributed by atoms with E-state index in [0.717, 1.165) is 0 Å². The molecule has 19 heavy (non-hydrogen) atoms. The van der Waals surface area contributed by atoms with E-state index in [4.69, 9.17) is 0 Å². The molecule has 0 bridgehead atoms. The summed E-state index contributed by atoms with van der Waals surface area (Å²) in [5.74, 6) is -0.212. The van der Waals surface area contributed by atoms with E-state index in [-0.39, 0.29) is 17.3 Å². The maximum absolute atomic E-state index is 11.4. The Balaban J connectivity index is 3.15. The number of hydrogen-bond acceptors (Lipinski definition) is 5. The van der Waals surface area contributed by atoms with Crippen LogP contribution >= 0.6 is 0 Å². The number of ether oxygens (including phenoxy) is 1. The predicted molar refractivity (Wildman–Crippen MR) is 72.4 cm³/mol. The van der Waals surface area contributed by atoms with Crippen molar-refractivity contribution in [2.75, 3.05) is 12.4 Å². The fourth-order valence-corrected chi connectivity index (χ4v) is 1.47. The lowest BCUT2D eigenvalue weighted by Gasteiger charge is -2.19. The van der Waals surface area contributed by atoms with Gasteiger partial charge in [-0.15, -0.1) is 0 Å². The molecule has 0 amide bonds. The topological polar surface area (TPSA) is 81.5 Å². The van der Waals surface area contributed by atoms with E-state index in [0.29, 0.717) is 11.6 Å². The fraction of sp³-hybridized carbons (Fsp3) is 0.462. The van der Waals surface area contributed by atoms with Gasteiger partial charge in [0.05, 0.1) is 17.6 Å². The SMILES string of the molecule is COC(=O)c1ccc([N+](=O)[O-])c(NC(C)C(C)C)c1. The van der Waals surface area contributed by atoms with Crippen LogP contribution < -0.4 is 5.32 Å². The zero-order valence-corrected chi connectivity index (χ0v) is 11.5. The van der Waals surface area contributed by atoms with Gasteiger partial charge >= 0.3 is 5.97 Å². The Morgan fingerprint density at radius 1 is 1.37 bits per heavy atom. The second kappa shape index (κ2) is 6.17. The Hall–Kier alpha value is -2.11. The van der Waals surface area contributed by atoms with Crippen molar-refractivity contribution in [1.29, 1.82) is 0 Å². The van der Waals surface area contributed by atoms with E-state index in [1.807, 2.05) is 20.8 Å². The van der Waals surface area contributed by atoms with Gasteiger partial charge in [0.2, 0.25) is 0 Å². The molecule has 0 heterocycles. The van der Waals surface area contributed by atoms with Gasteiger partial charge in [-0.3, -0.25) is 10.1 Å². The van der Waals surface area contributed by atoms with Crippen LogP contribution in [0.5, 0.6) is 0 Å². The maximum Gasteiger partial charge on any atom is 0.337 e. The van der Waals surface area contributed by atoms with Crippen LogP contribution in [0.25, 0.3) is 0 Å². The number of esters is 1. The van der Waals surface area contributed by atoms with Gasteiger partial charge in [0.25, 0.3) is 5.69 Å². The van der Waals surface area contributed by atoms with Gasteiger partial charge in [0, 0.05) is 12.1 Å². The fourth-order valence-electron chi connectivity index (χ4n) is 1.47. The van der Waals surface area contributed by atoms with Gasteiger partial charge in [-0.05, 0) is 25.0 Å². The van der Waals surface area contributed by atoms with Gasteiger partial charge in [0.1, 0.15) is 5.69 Å². The Kier molecular flexibility index (Phi) is 4.86. The highest BCUT2D eigenvalue weighted by Crippen LogP contribution is 2.27. The van der Waals surface area contributed by atoms with Crippen molar-refractivity contribution in [3.63, 3.8) is 0 Å². The monoisotopic (exact) mass is 266 g/mol. The van der Waals surface area contributed by atoms with Crippen molar-refractivity contribution >= 4 is 17.3 Å². The molecule has 0 radical (unpaired) electrons. The number of nitro benzene ring substituents is 1. The minimum Gasteiger partial charge on any atom is -0.465 e. The predicted octanol–water partition coefficient (Wildman–Crippen LogP) is 2.84. The lowest BCUT2D eigenvalue weighted by Crippen LogP contribution is -2.22. The summed E-state index contributed by atoms with van der Waals surface area (Å²) in [5.41, 5.74) is 0.556. The number of nitrogens with zero attached hydrogens (tertiary/aromatic N) is 1. The molecule has 104 valence electrons. The second-order valence-corrected chi connectivity index (χ2v) is 4.66. The quantitative estimate of drug-likeness (QED) is 0.503. The minimum absolute atomic E-state index is 0.0478. The first-order valence-electron chi connectivity index (χ1n) is 6.00. The number of methoxy groups -OCH3 is 1. The van der Waals surface area contributed by atoms with Crippen LogP contribution in [0.2, 0.25) is 0 Å². The summed E-state index contributed by atoms with van der Waals surface area (Å²) in [4.78, 5) is 21.9. The largest absolute Gasteiger partial charge is 0.465 e. The van der Waals surface area contributed by atoms with Crippen molar-refractivity contribution in [3.05, 3.63) is 33.9 Å². The standard InChI is InChI=1S/C13H18N2O4/c1-8(2)9(3)14-11-7-10(13(16)19-4)5-6-12(11)15(17)18/h5-9,14H,1-4H3. The van der Waals surface area contributed by atoms with Crippen molar-refractivity contribution in [2.24, 2.45) is 5.92 Å². The summed E-state index contributed by atoms with van der Waals surface area (Å²) in [6.07, 6.45) is 0. The second-order valence-electron chi connectivity index (χ2n) is 4.66. The first-order chi connectivity index (χ1) is 8.86. The molecule has 1 N–H and O–H groups in total. The highest BCUT2D eigenvalue weighted by Gasteiger charge is 2.19. The van der Waals surface area contributed by atoms with E-state index in [1.165, 1.54) is 25.3 Å². The molecule has 1 aromatic rings. The molecule has 6 heteroatoms. The van der Waals surface area contributed by atoms with Crippen LogP contribution in [0.15, 0.2) is 18.2 Å². The Labute approximate surface area is 111 Å². The van der Waals surface area contributed by atoms with Crippen LogP contribution in [-0.4, -0.2) is 24.0 Å². The highest BCUT2D eigenvalue weighted by molar-refractivity contribution is 5.91. The van der Waals surface area contributed by atoms with Crippen molar-refractivity contribution < 1.29 is 14.5 Å². The van der Waals surface area contributed by atoms with Crippen molar-refractivity contribution in [2.45, 2.75) is 26.8 Å². The highest BCUT2D eigenvalue weighted by atomic mass is 16.6. The smallest absolute Gasteiger partial charge is 0.337 e. The summed E-state index contributed by atoms with van der Waals surface area (Å²) in [7, 11) is 1.27. The number of carbonyl (C=O) groups is 1. The van der Waals surface area contributed by atoms with E-state index in [9.17, 15) is 14.9 Å². The zero-order chi connectivity index (χ0) is 14.6. The Morgan fingerprint density at radius 2 is 2.00 bits per heavy atom. The summed E-state index contributed by atoms with van der Waals surface area (Å²) >= 11 is 0. The Morgan fingerprint density at radius 3 is 2.47 bits per heavy atom. The third-order valence-corrected chi connectivity index (χ3v) is 3.00. The first kappa shape index (κ1) is 14.9. The molecule has 0 saturated heterocycles. The van der Waals surface area contributed by atoms with Crippen LogP contribution in [0, 0.1) is 16.0 Å². The van der Waals surface area contributed by atoms with Gasteiger partial charge < -0.3 is 10.1 Å². The van der Waals surface area contributed by atoms with Crippen LogP contribution in [0.3, 0.4) is 0 Å². The van der Waals surface area contributed by atoms with E-state index in [1.54, 1.807) is 0 Å². The van der Waals surface area contributed by atoms with Crippen molar-refractivity contribution in [1.82, 2.24) is 0 Å². The molecule has 0 aliphatic heterocycles. The van der Waals surface area contributed by atoms with Crippen LogP contribution in [0.4, 0.5) is 11.4 Å². The molecule has 1 aromatic carbocycles. The molecule has 0 aliphatic rings. The first-order valence-corrected chi connectivity index (χ1v) is 6.00. The average Bonchev–Trinajstić information content (AvgIpc) is 2.37. The third kappa shape index (κ3) is 3.67. The molecular formula is C13H18N2O4. The Bertz CT molecular complexity index is 486. The molecule has 0 saturated carbocycles. The lowest BCUT2D eigenvalue weighted by molar-refractivity contribution is -0.384. The third-order valence-electron chi connectivity index (χ3n) is 3.00. The molecular weight excluding hydrogens is 248 g/mol. The molecule has 0 spiro atoms. The number of benzene rings is 1. The number of rotatable bonds is 5. The summed E-state index contributed by atoms with van der Waals surface area (Å²) in [6.45, 7) is 5.94. The van der Waals surface area contributed by atoms with E-state index in [2.05, 4.69) is 10.1 Å². The normalized spacial score (nSPS) is 12.1. The lowest BCUT2D eigenvalue weighted by atomic mass is 10.1. The number of anilines is 1.